The summed E-state index contributed by atoms with van der Waals surface area (Å²) in [4.78, 5) is 16.7. The molecule has 1 aromatic carbocycles. The summed E-state index contributed by atoms with van der Waals surface area (Å²) in [5, 5.41) is 6.18. The topological polar surface area (TPSA) is 54.0 Å². The summed E-state index contributed by atoms with van der Waals surface area (Å²) in [7, 11) is 0. The summed E-state index contributed by atoms with van der Waals surface area (Å²) < 4.78 is 0. The molecule has 0 saturated carbocycles. The van der Waals surface area contributed by atoms with Gasteiger partial charge in [0.1, 0.15) is 5.82 Å². The first-order valence-electron chi connectivity index (χ1n) is 9.02. The van der Waals surface area contributed by atoms with Crippen molar-refractivity contribution in [2.45, 2.75) is 52.4 Å². The van der Waals surface area contributed by atoms with Gasteiger partial charge in [-0.1, -0.05) is 52.7 Å². The molecule has 1 aromatic heterocycles. The fourth-order valence-corrected chi connectivity index (χ4v) is 2.49. The van der Waals surface area contributed by atoms with Crippen LogP contribution in [-0.4, -0.2) is 17.4 Å². The first kappa shape index (κ1) is 19.0. The molecule has 25 heavy (non-hydrogen) atoms. The van der Waals surface area contributed by atoms with E-state index in [1.807, 2.05) is 36.4 Å². The second kappa shape index (κ2) is 8.65. The quantitative estimate of drug-likeness (QED) is 0.679. The number of amides is 1. The number of unbranched alkanes of at least 4 members (excludes halogenated alkanes) is 2. The zero-order chi connectivity index (χ0) is 18.3. The highest BCUT2D eigenvalue weighted by Crippen LogP contribution is 2.22. The maximum atomic E-state index is 12.3. The molecule has 2 rings (SSSR count). The minimum atomic E-state index is -0.120. The molecule has 0 aliphatic rings. The van der Waals surface area contributed by atoms with Crippen LogP contribution in [0.25, 0.3) is 0 Å². The van der Waals surface area contributed by atoms with Crippen molar-refractivity contribution in [3.8, 4) is 0 Å². The monoisotopic (exact) mass is 339 g/mol. The van der Waals surface area contributed by atoms with Gasteiger partial charge >= 0.3 is 0 Å². The van der Waals surface area contributed by atoms with Crippen molar-refractivity contribution in [2.24, 2.45) is 0 Å². The molecule has 0 radical (unpaired) electrons. The van der Waals surface area contributed by atoms with Crippen LogP contribution < -0.4 is 10.6 Å². The Morgan fingerprint density at radius 3 is 2.32 bits per heavy atom. The largest absolute Gasteiger partial charge is 0.370 e. The number of pyridine rings is 1. The van der Waals surface area contributed by atoms with Gasteiger partial charge in [-0.15, -0.1) is 0 Å². The van der Waals surface area contributed by atoms with Gasteiger partial charge in [-0.25, -0.2) is 4.98 Å². The second-order valence-electron chi connectivity index (χ2n) is 7.35. The molecule has 4 heteroatoms. The number of carbonyl (C=O) groups excluding carboxylic acids is 1. The fraction of sp³-hybridized carbons (Fsp3) is 0.429. The number of nitrogens with zero attached hydrogens (tertiary/aromatic N) is 1. The summed E-state index contributed by atoms with van der Waals surface area (Å²) in [5.74, 6) is 0.717. The minimum Gasteiger partial charge on any atom is -0.370 e. The van der Waals surface area contributed by atoms with Crippen molar-refractivity contribution in [1.82, 2.24) is 4.98 Å². The zero-order valence-corrected chi connectivity index (χ0v) is 15.7. The summed E-state index contributed by atoms with van der Waals surface area (Å²) in [5.41, 5.74) is 2.64. The standard InChI is InChI=1S/C21H29N3O/c1-5-6-7-14-22-19-13-12-18(15-23-19)24-20(25)16-8-10-17(11-9-16)21(2,3)4/h8-13,15H,5-7,14H2,1-4H3,(H,22,23)(H,24,25). The molecule has 134 valence electrons. The highest BCUT2D eigenvalue weighted by atomic mass is 16.1. The third kappa shape index (κ3) is 5.89. The Bertz CT molecular complexity index is 670. The van der Waals surface area contributed by atoms with E-state index in [1.165, 1.54) is 18.4 Å². The third-order valence-corrected chi connectivity index (χ3v) is 4.12. The van der Waals surface area contributed by atoms with Crippen molar-refractivity contribution in [2.75, 3.05) is 17.2 Å². The zero-order valence-electron chi connectivity index (χ0n) is 15.7. The Hall–Kier alpha value is -2.36. The molecule has 0 fully saturated rings. The Morgan fingerprint density at radius 2 is 1.76 bits per heavy atom. The molecule has 2 aromatic rings. The van der Waals surface area contributed by atoms with E-state index in [0.29, 0.717) is 11.3 Å². The van der Waals surface area contributed by atoms with E-state index in [4.69, 9.17) is 0 Å². The van der Waals surface area contributed by atoms with Crippen LogP contribution in [0.5, 0.6) is 0 Å². The molecule has 4 nitrogen and oxygen atoms in total. The van der Waals surface area contributed by atoms with Crippen molar-refractivity contribution in [1.29, 1.82) is 0 Å². The SMILES string of the molecule is CCCCCNc1ccc(NC(=O)c2ccc(C(C)(C)C)cc2)cn1. The second-order valence-corrected chi connectivity index (χ2v) is 7.35. The third-order valence-electron chi connectivity index (χ3n) is 4.12. The first-order chi connectivity index (χ1) is 11.9. The molecule has 1 heterocycles. The predicted molar refractivity (Wildman–Crippen MR) is 105 cm³/mol. The van der Waals surface area contributed by atoms with E-state index in [1.54, 1.807) is 6.20 Å². The van der Waals surface area contributed by atoms with Crippen molar-refractivity contribution >= 4 is 17.4 Å². The lowest BCUT2D eigenvalue weighted by Gasteiger charge is -2.19. The number of hydrogen-bond acceptors (Lipinski definition) is 3. The van der Waals surface area contributed by atoms with E-state index in [2.05, 4.69) is 43.3 Å². The van der Waals surface area contributed by atoms with Gasteiger partial charge in [0.25, 0.3) is 5.91 Å². The number of carbonyl (C=O) groups is 1. The number of anilines is 2. The van der Waals surface area contributed by atoms with E-state index < -0.39 is 0 Å². The van der Waals surface area contributed by atoms with Crippen LogP contribution in [0.15, 0.2) is 42.6 Å². The molecule has 0 saturated heterocycles. The van der Waals surface area contributed by atoms with Crippen LogP contribution in [-0.2, 0) is 5.41 Å². The van der Waals surface area contributed by atoms with Gasteiger partial charge in [-0.05, 0) is 41.7 Å². The van der Waals surface area contributed by atoms with Crippen molar-refractivity contribution in [3.63, 3.8) is 0 Å². The average Bonchev–Trinajstić information content (AvgIpc) is 2.59. The normalized spacial score (nSPS) is 11.2. The van der Waals surface area contributed by atoms with E-state index in [-0.39, 0.29) is 11.3 Å². The number of aromatic nitrogens is 1. The Labute approximate surface area is 151 Å². The van der Waals surface area contributed by atoms with E-state index >= 15 is 0 Å². The van der Waals surface area contributed by atoms with Crippen molar-refractivity contribution in [3.05, 3.63) is 53.7 Å². The van der Waals surface area contributed by atoms with Crippen LogP contribution in [0, 0.1) is 0 Å². The molecule has 0 spiro atoms. The Kier molecular flexibility index (Phi) is 6.57. The van der Waals surface area contributed by atoms with Crippen molar-refractivity contribution < 1.29 is 4.79 Å². The van der Waals surface area contributed by atoms with Crippen LogP contribution >= 0.6 is 0 Å². The van der Waals surface area contributed by atoms with Crippen LogP contribution in [0.1, 0.15) is 62.9 Å². The van der Waals surface area contributed by atoms with Gasteiger partial charge < -0.3 is 10.6 Å². The predicted octanol–water partition coefficient (Wildman–Crippen LogP) is 5.23. The number of benzene rings is 1. The lowest BCUT2D eigenvalue weighted by atomic mass is 9.87. The van der Waals surface area contributed by atoms with Gasteiger partial charge in [0, 0.05) is 12.1 Å². The summed E-state index contributed by atoms with van der Waals surface area (Å²) in [6.07, 6.45) is 5.25. The average molecular weight is 339 g/mol. The summed E-state index contributed by atoms with van der Waals surface area (Å²) in [6, 6.07) is 11.5. The van der Waals surface area contributed by atoms with E-state index in [0.717, 1.165) is 18.8 Å². The lowest BCUT2D eigenvalue weighted by Crippen LogP contribution is -2.14. The molecule has 0 unspecified atom stereocenters. The van der Waals surface area contributed by atoms with Crippen LogP contribution in [0.3, 0.4) is 0 Å². The highest BCUT2D eigenvalue weighted by Gasteiger charge is 2.14. The van der Waals surface area contributed by atoms with E-state index in [9.17, 15) is 4.79 Å². The molecule has 0 aliphatic carbocycles. The lowest BCUT2D eigenvalue weighted by molar-refractivity contribution is 0.102. The molecule has 2 N–H and O–H groups in total. The minimum absolute atomic E-state index is 0.0822. The number of hydrogen-bond donors (Lipinski definition) is 2. The van der Waals surface area contributed by atoms with Gasteiger partial charge in [0.2, 0.25) is 0 Å². The summed E-state index contributed by atoms with van der Waals surface area (Å²) >= 11 is 0. The van der Waals surface area contributed by atoms with Gasteiger partial charge in [-0.3, -0.25) is 4.79 Å². The van der Waals surface area contributed by atoms with Crippen LogP contribution in [0.2, 0.25) is 0 Å². The molecule has 0 atom stereocenters. The fourth-order valence-electron chi connectivity index (χ4n) is 2.49. The number of rotatable bonds is 7. The molecular formula is C21H29N3O. The van der Waals surface area contributed by atoms with Gasteiger partial charge in [0.05, 0.1) is 11.9 Å². The van der Waals surface area contributed by atoms with Gasteiger partial charge in [0.15, 0.2) is 0 Å². The molecule has 1 amide bonds. The molecule has 0 bridgehead atoms. The summed E-state index contributed by atoms with van der Waals surface area (Å²) in [6.45, 7) is 9.59. The Balaban J connectivity index is 1.92. The van der Waals surface area contributed by atoms with Crippen LogP contribution in [0.4, 0.5) is 11.5 Å². The smallest absolute Gasteiger partial charge is 0.255 e. The molecule has 0 aliphatic heterocycles. The Morgan fingerprint density at radius 1 is 1.04 bits per heavy atom. The maximum absolute atomic E-state index is 12.3. The number of nitrogens with one attached hydrogen (secondary N) is 2. The maximum Gasteiger partial charge on any atom is 0.255 e. The molecular weight excluding hydrogens is 310 g/mol. The van der Waals surface area contributed by atoms with Gasteiger partial charge in [-0.2, -0.15) is 0 Å². The first-order valence-corrected chi connectivity index (χ1v) is 9.02. The highest BCUT2D eigenvalue weighted by molar-refractivity contribution is 6.04.